The third kappa shape index (κ3) is 8.83. The van der Waals surface area contributed by atoms with E-state index >= 15 is 0 Å². The Morgan fingerprint density at radius 2 is 2.00 bits per heavy atom. The van der Waals surface area contributed by atoms with Gasteiger partial charge in [0.05, 0.1) is 25.9 Å². The predicted molar refractivity (Wildman–Crippen MR) is 73.2 cm³/mol. The summed E-state index contributed by atoms with van der Waals surface area (Å²) < 4.78 is 15.7. The summed E-state index contributed by atoms with van der Waals surface area (Å²) >= 11 is 0. The second-order valence-corrected chi connectivity index (χ2v) is 6.09. The van der Waals surface area contributed by atoms with Crippen molar-refractivity contribution >= 4 is 6.09 Å². The van der Waals surface area contributed by atoms with Crippen LogP contribution in [0.3, 0.4) is 0 Å². The molecule has 0 saturated heterocycles. The van der Waals surface area contributed by atoms with Crippen molar-refractivity contribution in [1.82, 2.24) is 5.32 Å². The summed E-state index contributed by atoms with van der Waals surface area (Å²) in [6.07, 6.45) is 3.11. The molecule has 1 amide bonds. The highest BCUT2D eigenvalue weighted by Crippen LogP contribution is 2.33. The molecular formula is C14H27NO4. The molecule has 0 spiro atoms. The number of carbonyl (C=O) groups is 1. The number of methoxy groups -OCH3 is 1. The van der Waals surface area contributed by atoms with E-state index in [1.807, 2.05) is 20.8 Å². The Bertz CT molecular complexity index is 271. The number of nitrogens with one attached hydrogen (secondary N) is 1. The molecule has 5 heteroatoms. The van der Waals surface area contributed by atoms with Gasteiger partial charge in [-0.2, -0.15) is 0 Å². The quantitative estimate of drug-likeness (QED) is 0.690. The van der Waals surface area contributed by atoms with Gasteiger partial charge in [-0.15, -0.1) is 0 Å². The molecule has 1 atom stereocenters. The monoisotopic (exact) mass is 273 g/mol. The summed E-state index contributed by atoms with van der Waals surface area (Å²) in [4.78, 5) is 11.7. The Morgan fingerprint density at radius 1 is 1.32 bits per heavy atom. The van der Waals surface area contributed by atoms with Gasteiger partial charge in [0.1, 0.15) is 5.60 Å². The predicted octanol–water partition coefficient (Wildman–Crippen LogP) is 2.34. The summed E-state index contributed by atoms with van der Waals surface area (Å²) in [5, 5.41) is 2.89. The van der Waals surface area contributed by atoms with Gasteiger partial charge in [-0.1, -0.05) is 12.8 Å². The van der Waals surface area contributed by atoms with Crippen LogP contribution in [0.2, 0.25) is 0 Å². The lowest BCUT2D eigenvalue weighted by Crippen LogP contribution is -2.42. The van der Waals surface area contributed by atoms with Gasteiger partial charge in [0.2, 0.25) is 0 Å². The van der Waals surface area contributed by atoms with Crippen molar-refractivity contribution in [1.29, 1.82) is 0 Å². The van der Waals surface area contributed by atoms with E-state index in [1.165, 1.54) is 12.8 Å². The highest BCUT2D eigenvalue weighted by atomic mass is 16.6. The minimum atomic E-state index is -0.467. The van der Waals surface area contributed by atoms with E-state index in [-0.39, 0.29) is 12.1 Å². The van der Waals surface area contributed by atoms with Crippen molar-refractivity contribution in [2.45, 2.75) is 51.7 Å². The molecule has 0 heterocycles. The molecule has 1 rings (SSSR count). The molecule has 1 saturated carbocycles. The minimum absolute atomic E-state index is 0.0270. The SMILES string of the molecule is COCCOCC(CC1CC1)NC(=O)OC(C)(C)C. The zero-order valence-electron chi connectivity index (χ0n) is 12.5. The Hall–Kier alpha value is -0.810. The summed E-state index contributed by atoms with van der Waals surface area (Å²) in [6, 6.07) is 0.0270. The highest BCUT2D eigenvalue weighted by Gasteiger charge is 2.27. The molecule has 0 aromatic rings. The molecule has 0 aromatic carbocycles. The Balaban J connectivity index is 2.29. The zero-order valence-corrected chi connectivity index (χ0v) is 12.5. The average molecular weight is 273 g/mol. The second kappa shape index (κ2) is 7.70. The van der Waals surface area contributed by atoms with Crippen LogP contribution in [-0.2, 0) is 14.2 Å². The van der Waals surface area contributed by atoms with E-state index in [2.05, 4.69) is 5.32 Å². The van der Waals surface area contributed by atoms with E-state index in [0.717, 1.165) is 12.3 Å². The van der Waals surface area contributed by atoms with Crippen LogP contribution >= 0.6 is 0 Å². The molecule has 0 bridgehead atoms. The molecule has 0 aliphatic heterocycles. The summed E-state index contributed by atoms with van der Waals surface area (Å²) in [7, 11) is 1.64. The van der Waals surface area contributed by atoms with Gasteiger partial charge >= 0.3 is 6.09 Å². The number of rotatable bonds is 8. The number of hydrogen-bond acceptors (Lipinski definition) is 4. The minimum Gasteiger partial charge on any atom is -0.444 e. The van der Waals surface area contributed by atoms with Crippen molar-refractivity contribution in [2.75, 3.05) is 26.9 Å². The molecule has 1 aliphatic rings. The lowest BCUT2D eigenvalue weighted by molar-refractivity contribution is 0.0358. The fourth-order valence-electron chi connectivity index (χ4n) is 1.77. The maximum Gasteiger partial charge on any atom is 0.407 e. The fourth-order valence-corrected chi connectivity index (χ4v) is 1.77. The van der Waals surface area contributed by atoms with Gasteiger partial charge in [-0.25, -0.2) is 4.79 Å². The van der Waals surface area contributed by atoms with Crippen molar-refractivity contribution in [3.63, 3.8) is 0 Å². The molecule has 0 aromatic heterocycles. The molecule has 19 heavy (non-hydrogen) atoms. The second-order valence-electron chi connectivity index (χ2n) is 6.09. The van der Waals surface area contributed by atoms with Crippen molar-refractivity contribution < 1.29 is 19.0 Å². The Kier molecular flexibility index (Phi) is 6.58. The summed E-state index contributed by atoms with van der Waals surface area (Å²) in [5.41, 5.74) is -0.467. The van der Waals surface area contributed by atoms with Gasteiger partial charge in [0.15, 0.2) is 0 Å². The van der Waals surface area contributed by atoms with Crippen molar-refractivity contribution in [2.24, 2.45) is 5.92 Å². The lowest BCUT2D eigenvalue weighted by atomic mass is 10.1. The smallest absolute Gasteiger partial charge is 0.407 e. The van der Waals surface area contributed by atoms with Crippen LogP contribution in [0.4, 0.5) is 4.79 Å². The Morgan fingerprint density at radius 3 is 2.53 bits per heavy atom. The van der Waals surface area contributed by atoms with Crippen LogP contribution in [0.15, 0.2) is 0 Å². The first-order chi connectivity index (χ1) is 8.90. The standard InChI is InChI=1S/C14H27NO4/c1-14(2,3)19-13(16)15-12(9-11-5-6-11)10-18-8-7-17-4/h11-12H,5-10H2,1-4H3,(H,15,16). The van der Waals surface area contributed by atoms with Gasteiger partial charge in [0, 0.05) is 7.11 Å². The third-order valence-electron chi connectivity index (χ3n) is 2.79. The van der Waals surface area contributed by atoms with Crippen LogP contribution < -0.4 is 5.32 Å². The first-order valence-corrected chi connectivity index (χ1v) is 6.97. The van der Waals surface area contributed by atoms with Crippen LogP contribution in [-0.4, -0.2) is 44.7 Å². The van der Waals surface area contributed by atoms with E-state index in [9.17, 15) is 4.79 Å². The maximum absolute atomic E-state index is 11.7. The normalized spacial score (nSPS) is 17.1. The Labute approximate surface area is 116 Å². The van der Waals surface area contributed by atoms with E-state index in [4.69, 9.17) is 14.2 Å². The number of alkyl carbamates (subject to hydrolysis) is 1. The fraction of sp³-hybridized carbons (Fsp3) is 0.929. The maximum atomic E-state index is 11.7. The number of ether oxygens (including phenoxy) is 3. The average Bonchev–Trinajstić information content (AvgIpc) is 3.05. The van der Waals surface area contributed by atoms with Gasteiger partial charge < -0.3 is 19.5 Å². The van der Waals surface area contributed by atoms with Crippen molar-refractivity contribution in [3.8, 4) is 0 Å². The number of carbonyl (C=O) groups excluding carboxylic acids is 1. The van der Waals surface area contributed by atoms with Gasteiger partial charge in [-0.05, 0) is 33.1 Å². The largest absolute Gasteiger partial charge is 0.444 e. The summed E-state index contributed by atoms with van der Waals surface area (Å²) in [6.45, 7) is 7.21. The molecular weight excluding hydrogens is 246 g/mol. The van der Waals surface area contributed by atoms with Crippen LogP contribution in [0.25, 0.3) is 0 Å². The van der Waals surface area contributed by atoms with Crippen molar-refractivity contribution in [3.05, 3.63) is 0 Å². The van der Waals surface area contributed by atoms with Crippen LogP contribution in [0.5, 0.6) is 0 Å². The number of amides is 1. The molecule has 1 unspecified atom stereocenters. The summed E-state index contributed by atoms with van der Waals surface area (Å²) in [5.74, 6) is 0.728. The molecule has 112 valence electrons. The molecule has 1 aliphatic carbocycles. The molecule has 5 nitrogen and oxygen atoms in total. The van der Waals surface area contributed by atoms with E-state index in [1.54, 1.807) is 7.11 Å². The zero-order chi connectivity index (χ0) is 14.3. The third-order valence-corrected chi connectivity index (χ3v) is 2.79. The molecule has 1 fully saturated rings. The van der Waals surface area contributed by atoms with E-state index < -0.39 is 5.60 Å². The topological polar surface area (TPSA) is 56.8 Å². The first-order valence-electron chi connectivity index (χ1n) is 6.97. The molecule has 1 N–H and O–H groups in total. The first kappa shape index (κ1) is 16.2. The van der Waals surface area contributed by atoms with Gasteiger partial charge in [0.25, 0.3) is 0 Å². The molecule has 0 radical (unpaired) electrons. The lowest BCUT2D eigenvalue weighted by Gasteiger charge is -2.23. The highest BCUT2D eigenvalue weighted by molar-refractivity contribution is 5.68. The van der Waals surface area contributed by atoms with E-state index in [0.29, 0.717) is 19.8 Å². The number of hydrogen-bond donors (Lipinski definition) is 1. The van der Waals surface area contributed by atoms with Crippen LogP contribution in [0.1, 0.15) is 40.0 Å². The van der Waals surface area contributed by atoms with Gasteiger partial charge in [-0.3, -0.25) is 0 Å². The van der Waals surface area contributed by atoms with Crippen LogP contribution in [0, 0.1) is 5.92 Å².